The van der Waals surface area contributed by atoms with Crippen molar-refractivity contribution in [3.8, 4) is 0 Å². The molecular weight excluding hydrogens is 435 g/mol. The molecule has 9 heteroatoms. The Balaban J connectivity index is 1.07. The van der Waals surface area contributed by atoms with Gasteiger partial charge in [0.2, 0.25) is 5.91 Å². The van der Waals surface area contributed by atoms with E-state index >= 15 is 0 Å². The summed E-state index contributed by atoms with van der Waals surface area (Å²) in [5.74, 6) is 1.52. The third-order valence-corrected chi connectivity index (χ3v) is 6.40. The van der Waals surface area contributed by atoms with Gasteiger partial charge in [-0.05, 0) is 62.1 Å². The fourth-order valence-electron chi connectivity index (χ4n) is 4.60. The SMILES string of the molecule is Cc1nc2ccc(C(=O)N3CCC(CC(=O)NCCc4nc5ccc(F)cc5[nH]4)CC3)cc2[nH]1. The number of fused-ring (bicyclic) bond motifs is 2. The number of hydrogen-bond acceptors (Lipinski definition) is 4. The molecule has 0 spiro atoms. The van der Waals surface area contributed by atoms with Gasteiger partial charge in [-0.2, -0.15) is 0 Å². The molecule has 5 rings (SSSR count). The number of carbonyl (C=O) groups is 2. The lowest BCUT2D eigenvalue weighted by Gasteiger charge is -2.31. The van der Waals surface area contributed by atoms with Crippen molar-refractivity contribution in [2.75, 3.05) is 19.6 Å². The van der Waals surface area contributed by atoms with E-state index in [-0.39, 0.29) is 23.5 Å². The third-order valence-electron chi connectivity index (χ3n) is 6.40. The summed E-state index contributed by atoms with van der Waals surface area (Å²) in [6, 6.07) is 9.98. The number of aryl methyl sites for hydroxylation is 1. The van der Waals surface area contributed by atoms with Crippen LogP contribution in [0.25, 0.3) is 22.1 Å². The number of nitrogens with zero attached hydrogens (tertiary/aromatic N) is 3. The number of carbonyl (C=O) groups excluding carboxylic acids is 2. The number of aromatic amines is 2. The van der Waals surface area contributed by atoms with Gasteiger partial charge in [-0.15, -0.1) is 0 Å². The maximum Gasteiger partial charge on any atom is 0.253 e. The van der Waals surface area contributed by atoms with E-state index in [0.29, 0.717) is 49.1 Å². The second kappa shape index (κ2) is 9.24. The van der Waals surface area contributed by atoms with Crippen LogP contribution in [0.5, 0.6) is 0 Å². The zero-order valence-corrected chi connectivity index (χ0v) is 19.0. The molecule has 0 aliphatic carbocycles. The van der Waals surface area contributed by atoms with Crippen LogP contribution in [0.15, 0.2) is 36.4 Å². The molecule has 2 aromatic heterocycles. The number of amides is 2. The number of benzene rings is 2. The summed E-state index contributed by atoms with van der Waals surface area (Å²) in [5, 5.41) is 2.95. The first-order valence-corrected chi connectivity index (χ1v) is 11.6. The van der Waals surface area contributed by atoms with Gasteiger partial charge in [-0.25, -0.2) is 14.4 Å². The van der Waals surface area contributed by atoms with E-state index in [2.05, 4.69) is 25.3 Å². The van der Waals surface area contributed by atoms with Crippen molar-refractivity contribution in [2.24, 2.45) is 5.92 Å². The normalized spacial score (nSPS) is 14.7. The highest BCUT2D eigenvalue weighted by molar-refractivity contribution is 5.97. The number of hydrogen-bond donors (Lipinski definition) is 3. The van der Waals surface area contributed by atoms with Crippen molar-refractivity contribution >= 4 is 33.9 Å². The van der Waals surface area contributed by atoms with Gasteiger partial charge in [0.05, 0.1) is 22.1 Å². The molecule has 1 saturated heterocycles. The zero-order valence-electron chi connectivity index (χ0n) is 19.0. The van der Waals surface area contributed by atoms with Gasteiger partial charge in [0, 0.05) is 38.0 Å². The Hall–Kier alpha value is -3.75. The van der Waals surface area contributed by atoms with E-state index in [1.165, 1.54) is 12.1 Å². The van der Waals surface area contributed by atoms with Crippen molar-refractivity contribution in [1.29, 1.82) is 0 Å². The molecule has 4 aromatic rings. The zero-order chi connectivity index (χ0) is 23.7. The van der Waals surface area contributed by atoms with Crippen LogP contribution in [0.4, 0.5) is 4.39 Å². The van der Waals surface area contributed by atoms with Gasteiger partial charge in [0.25, 0.3) is 5.91 Å². The van der Waals surface area contributed by atoms with Crippen molar-refractivity contribution in [1.82, 2.24) is 30.2 Å². The number of halogens is 1. The monoisotopic (exact) mass is 462 g/mol. The molecule has 0 bridgehead atoms. The molecule has 34 heavy (non-hydrogen) atoms. The van der Waals surface area contributed by atoms with E-state index in [1.54, 1.807) is 6.07 Å². The topological polar surface area (TPSA) is 107 Å². The maximum absolute atomic E-state index is 13.3. The molecule has 1 aliphatic heterocycles. The molecule has 0 unspecified atom stereocenters. The number of H-pyrrole nitrogens is 2. The molecule has 2 amide bonds. The number of imidazole rings is 2. The summed E-state index contributed by atoms with van der Waals surface area (Å²) in [6.07, 6.45) is 2.61. The highest BCUT2D eigenvalue weighted by atomic mass is 19.1. The molecule has 0 radical (unpaired) electrons. The van der Waals surface area contributed by atoms with Crippen LogP contribution in [-0.4, -0.2) is 56.3 Å². The van der Waals surface area contributed by atoms with Gasteiger partial charge in [-0.1, -0.05) is 0 Å². The van der Waals surface area contributed by atoms with Crippen LogP contribution in [0.1, 0.15) is 41.3 Å². The van der Waals surface area contributed by atoms with Crippen LogP contribution in [-0.2, 0) is 11.2 Å². The summed E-state index contributed by atoms with van der Waals surface area (Å²) in [6.45, 7) is 3.65. The van der Waals surface area contributed by atoms with Crippen molar-refractivity contribution in [3.63, 3.8) is 0 Å². The minimum atomic E-state index is -0.308. The number of rotatable bonds is 6. The first kappa shape index (κ1) is 22.1. The molecule has 3 heterocycles. The molecule has 0 saturated carbocycles. The number of aromatic nitrogens is 4. The first-order valence-electron chi connectivity index (χ1n) is 11.6. The molecular formula is C25H27FN6O2. The Morgan fingerprint density at radius 3 is 2.62 bits per heavy atom. The van der Waals surface area contributed by atoms with Gasteiger partial charge >= 0.3 is 0 Å². The predicted octanol–water partition coefficient (Wildman–Crippen LogP) is 3.49. The highest BCUT2D eigenvalue weighted by Gasteiger charge is 2.25. The van der Waals surface area contributed by atoms with Crippen LogP contribution in [0, 0.1) is 18.7 Å². The molecule has 3 N–H and O–H groups in total. The summed E-state index contributed by atoms with van der Waals surface area (Å²) in [7, 11) is 0. The lowest BCUT2D eigenvalue weighted by molar-refractivity contribution is -0.122. The molecule has 1 fully saturated rings. The number of nitrogens with one attached hydrogen (secondary N) is 3. The van der Waals surface area contributed by atoms with Crippen molar-refractivity contribution in [2.45, 2.75) is 32.6 Å². The summed E-state index contributed by atoms with van der Waals surface area (Å²) in [4.78, 5) is 42.2. The Labute approximate surface area is 196 Å². The largest absolute Gasteiger partial charge is 0.356 e. The van der Waals surface area contributed by atoms with E-state index in [4.69, 9.17) is 0 Å². The van der Waals surface area contributed by atoms with Gasteiger partial charge in [0.1, 0.15) is 17.5 Å². The quantitative estimate of drug-likeness (QED) is 0.408. The first-order chi connectivity index (χ1) is 16.4. The summed E-state index contributed by atoms with van der Waals surface area (Å²) >= 11 is 0. The average Bonchev–Trinajstić information content (AvgIpc) is 3.39. The van der Waals surface area contributed by atoms with Crippen LogP contribution in [0.2, 0.25) is 0 Å². The van der Waals surface area contributed by atoms with E-state index in [9.17, 15) is 14.0 Å². The predicted molar refractivity (Wildman–Crippen MR) is 127 cm³/mol. The molecule has 176 valence electrons. The molecule has 2 aromatic carbocycles. The second-order valence-corrected chi connectivity index (χ2v) is 8.94. The van der Waals surface area contributed by atoms with Crippen molar-refractivity contribution in [3.05, 3.63) is 59.4 Å². The standard InChI is InChI=1S/C25H27FN6O2/c1-15-28-19-4-2-17(13-21(19)29-15)25(34)32-10-7-16(8-11-32)12-24(33)27-9-6-23-30-20-5-3-18(26)14-22(20)31-23/h2-5,13-14,16H,6-12H2,1H3,(H,27,33)(H,28,29)(H,30,31). The minimum Gasteiger partial charge on any atom is -0.356 e. The third kappa shape index (κ3) is 4.78. The van der Waals surface area contributed by atoms with Gasteiger partial charge < -0.3 is 20.2 Å². The minimum absolute atomic E-state index is 0.00648. The lowest BCUT2D eigenvalue weighted by atomic mass is 9.93. The molecule has 1 aliphatic rings. The maximum atomic E-state index is 13.3. The van der Waals surface area contributed by atoms with E-state index in [0.717, 1.165) is 35.5 Å². The Kier molecular flexibility index (Phi) is 6.00. The van der Waals surface area contributed by atoms with Crippen molar-refractivity contribution < 1.29 is 14.0 Å². The summed E-state index contributed by atoms with van der Waals surface area (Å²) in [5.41, 5.74) is 3.74. The van der Waals surface area contributed by atoms with Gasteiger partial charge in [-0.3, -0.25) is 9.59 Å². The Morgan fingerprint density at radius 1 is 1.06 bits per heavy atom. The highest BCUT2D eigenvalue weighted by Crippen LogP contribution is 2.23. The summed E-state index contributed by atoms with van der Waals surface area (Å²) < 4.78 is 13.3. The Morgan fingerprint density at radius 2 is 1.79 bits per heavy atom. The fourth-order valence-corrected chi connectivity index (χ4v) is 4.60. The van der Waals surface area contributed by atoms with E-state index < -0.39 is 0 Å². The number of piperidine rings is 1. The van der Waals surface area contributed by atoms with Gasteiger partial charge in [0.15, 0.2) is 0 Å². The lowest BCUT2D eigenvalue weighted by Crippen LogP contribution is -2.39. The smallest absolute Gasteiger partial charge is 0.253 e. The number of likely N-dealkylation sites (tertiary alicyclic amines) is 1. The second-order valence-electron chi connectivity index (χ2n) is 8.94. The van der Waals surface area contributed by atoms with E-state index in [1.807, 2.05) is 30.0 Å². The van der Waals surface area contributed by atoms with Crippen LogP contribution >= 0.6 is 0 Å². The van der Waals surface area contributed by atoms with Crippen LogP contribution < -0.4 is 5.32 Å². The molecule has 8 nitrogen and oxygen atoms in total. The van der Waals surface area contributed by atoms with Crippen LogP contribution in [0.3, 0.4) is 0 Å². The fraction of sp³-hybridized carbons (Fsp3) is 0.360. The molecule has 0 atom stereocenters. The average molecular weight is 463 g/mol. The Bertz CT molecular complexity index is 1350.